The zero-order valence-corrected chi connectivity index (χ0v) is 8.72. The van der Waals surface area contributed by atoms with E-state index in [1.54, 1.807) is 0 Å². The summed E-state index contributed by atoms with van der Waals surface area (Å²) >= 11 is 0. The van der Waals surface area contributed by atoms with Crippen LogP contribution in [0.1, 0.15) is 16.7 Å². The number of rotatable bonds is 2. The highest BCUT2D eigenvalue weighted by atomic mass is 32.2. The molecule has 0 radical (unpaired) electrons. The summed E-state index contributed by atoms with van der Waals surface area (Å²) in [6.45, 7) is 1.89. The van der Waals surface area contributed by atoms with Gasteiger partial charge in [-0.05, 0) is 29.7 Å². The highest BCUT2D eigenvalue weighted by Gasteiger charge is 2.08. The van der Waals surface area contributed by atoms with Crippen LogP contribution in [0, 0.1) is 0 Å². The minimum atomic E-state index is -2.31. The smallest absolute Gasteiger partial charge is 0.144 e. The van der Waals surface area contributed by atoms with E-state index in [1.165, 1.54) is 11.1 Å². The van der Waals surface area contributed by atoms with E-state index in [0.29, 0.717) is 0 Å². The normalized spacial score (nSPS) is 15.5. The third kappa shape index (κ3) is 2.13. The molecule has 1 aromatic rings. The zero-order chi connectivity index (χ0) is 9.97. The predicted molar refractivity (Wildman–Crippen MR) is 55.9 cm³/mol. The molecule has 1 aliphatic heterocycles. The lowest BCUT2D eigenvalue weighted by molar-refractivity contribution is 0.613. The second-order valence-electron chi connectivity index (χ2n) is 3.52. The molecular formula is C10H13NO2S. The number of fused-ring (bicyclic) bond motifs is 1. The van der Waals surface area contributed by atoms with Crippen molar-refractivity contribution in [1.82, 2.24) is 5.32 Å². The molecule has 0 bridgehead atoms. The molecule has 2 rings (SSSR count). The monoisotopic (exact) mass is 211 g/mol. The Morgan fingerprint density at radius 1 is 1.29 bits per heavy atom. The van der Waals surface area contributed by atoms with Gasteiger partial charge < -0.3 is 5.32 Å². The molecule has 4 heteroatoms. The third-order valence-electron chi connectivity index (χ3n) is 2.47. The van der Waals surface area contributed by atoms with Crippen LogP contribution in [0.15, 0.2) is 18.2 Å². The number of nitrogens with one attached hydrogen (secondary N) is 1. The Balaban J connectivity index is 2.28. The van der Waals surface area contributed by atoms with Crippen molar-refractivity contribution in [1.29, 1.82) is 0 Å². The Labute approximate surface area is 85.1 Å². The quantitative estimate of drug-likeness (QED) is 0.698. The zero-order valence-electron chi connectivity index (χ0n) is 7.82. The maximum absolute atomic E-state index is 10.6. The van der Waals surface area contributed by atoms with Gasteiger partial charge in [0.25, 0.3) is 0 Å². The first-order valence-corrected chi connectivity index (χ1v) is 6.05. The lowest BCUT2D eigenvalue weighted by atomic mass is 9.99. The van der Waals surface area contributed by atoms with Crippen LogP contribution in [-0.2, 0) is 29.4 Å². The molecule has 0 unspecified atom stereocenters. The summed E-state index contributed by atoms with van der Waals surface area (Å²) < 4.78 is 21.1. The van der Waals surface area contributed by atoms with Crippen LogP contribution in [0.4, 0.5) is 0 Å². The Bertz CT molecular complexity index is 405. The highest BCUT2D eigenvalue weighted by Crippen LogP contribution is 2.16. The van der Waals surface area contributed by atoms with Crippen LogP contribution in [0.3, 0.4) is 0 Å². The topological polar surface area (TPSA) is 46.2 Å². The summed E-state index contributed by atoms with van der Waals surface area (Å²) in [7, 11) is -2.31. The third-order valence-corrected chi connectivity index (χ3v) is 3.09. The van der Waals surface area contributed by atoms with Gasteiger partial charge in [0.2, 0.25) is 0 Å². The maximum Gasteiger partial charge on any atom is 0.144 e. The fraction of sp³-hybridized carbons (Fsp3) is 0.400. The SMILES string of the molecule is O=[SH](=O)Cc1ccc2c(c1)CCNC2. The van der Waals surface area contributed by atoms with Crippen LogP contribution >= 0.6 is 0 Å². The summed E-state index contributed by atoms with van der Waals surface area (Å²) in [5, 5.41) is 3.28. The lowest BCUT2D eigenvalue weighted by Gasteiger charge is -2.17. The Hall–Kier alpha value is -0.870. The molecule has 1 aromatic carbocycles. The molecule has 0 saturated heterocycles. The first-order chi connectivity index (χ1) is 6.75. The summed E-state index contributed by atoms with van der Waals surface area (Å²) in [6.07, 6.45) is 0.999. The Kier molecular flexibility index (Phi) is 2.84. The number of hydrogen-bond donors (Lipinski definition) is 2. The van der Waals surface area contributed by atoms with Crippen LogP contribution in [0.5, 0.6) is 0 Å². The van der Waals surface area contributed by atoms with Crippen molar-refractivity contribution < 1.29 is 8.42 Å². The molecule has 3 nitrogen and oxygen atoms in total. The largest absolute Gasteiger partial charge is 0.312 e. The minimum absolute atomic E-state index is 0.163. The summed E-state index contributed by atoms with van der Waals surface area (Å²) in [5.74, 6) is 0.163. The van der Waals surface area contributed by atoms with E-state index in [9.17, 15) is 8.42 Å². The second-order valence-corrected chi connectivity index (χ2v) is 4.50. The summed E-state index contributed by atoms with van der Waals surface area (Å²) in [5.41, 5.74) is 3.49. The molecule has 1 N–H and O–H groups in total. The van der Waals surface area contributed by atoms with E-state index in [2.05, 4.69) is 5.32 Å². The molecular weight excluding hydrogens is 198 g/mol. The van der Waals surface area contributed by atoms with E-state index < -0.39 is 10.7 Å². The van der Waals surface area contributed by atoms with E-state index in [4.69, 9.17) is 0 Å². The molecule has 0 saturated carbocycles. The number of benzene rings is 1. The van der Waals surface area contributed by atoms with E-state index in [0.717, 1.165) is 25.1 Å². The highest BCUT2D eigenvalue weighted by molar-refractivity contribution is 7.71. The van der Waals surface area contributed by atoms with Gasteiger partial charge in [-0.2, -0.15) is 0 Å². The van der Waals surface area contributed by atoms with Crippen molar-refractivity contribution in [2.24, 2.45) is 0 Å². The van der Waals surface area contributed by atoms with E-state index >= 15 is 0 Å². The fourth-order valence-corrected chi connectivity index (χ4v) is 2.27. The maximum atomic E-state index is 10.6. The van der Waals surface area contributed by atoms with Gasteiger partial charge in [0.15, 0.2) is 0 Å². The molecule has 0 aliphatic carbocycles. The first-order valence-electron chi connectivity index (χ1n) is 4.69. The molecule has 0 amide bonds. The number of thiol groups is 1. The van der Waals surface area contributed by atoms with Crippen molar-refractivity contribution in [3.63, 3.8) is 0 Å². The van der Waals surface area contributed by atoms with Gasteiger partial charge in [-0.25, -0.2) is 8.42 Å². The van der Waals surface area contributed by atoms with Crippen LogP contribution in [0.2, 0.25) is 0 Å². The molecule has 0 fully saturated rings. The van der Waals surface area contributed by atoms with Gasteiger partial charge in [0, 0.05) is 6.54 Å². The Morgan fingerprint density at radius 3 is 2.93 bits per heavy atom. The molecule has 14 heavy (non-hydrogen) atoms. The van der Waals surface area contributed by atoms with E-state index in [-0.39, 0.29) is 5.75 Å². The average molecular weight is 211 g/mol. The van der Waals surface area contributed by atoms with Gasteiger partial charge in [0.1, 0.15) is 10.7 Å². The lowest BCUT2D eigenvalue weighted by Crippen LogP contribution is -2.23. The standard InChI is InChI=1S/C10H13NO2S/c12-14(13)7-8-1-2-10-6-11-4-3-9(10)5-8/h1-2,5,11,14H,3-4,6-7H2. The van der Waals surface area contributed by atoms with Crippen molar-refractivity contribution in [2.45, 2.75) is 18.7 Å². The average Bonchev–Trinajstić information content (AvgIpc) is 2.17. The van der Waals surface area contributed by atoms with Gasteiger partial charge >= 0.3 is 0 Å². The van der Waals surface area contributed by atoms with Gasteiger partial charge in [-0.3, -0.25) is 0 Å². The van der Waals surface area contributed by atoms with E-state index in [1.807, 2.05) is 18.2 Å². The van der Waals surface area contributed by atoms with Crippen LogP contribution in [0.25, 0.3) is 0 Å². The molecule has 1 aliphatic rings. The summed E-state index contributed by atoms with van der Waals surface area (Å²) in [6, 6.07) is 5.94. The molecule has 76 valence electrons. The second kappa shape index (κ2) is 4.11. The minimum Gasteiger partial charge on any atom is -0.312 e. The fourth-order valence-electron chi connectivity index (χ4n) is 1.78. The first kappa shape index (κ1) is 9.68. The molecule has 1 heterocycles. The molecule has 0 atom stereocenters. The van der Waals surface area contributed by atoms with Crippen molar-refractivity contribution in [2.75, 3.05) is 6.54 Å². The Morgan fingerprint density at radius 2 is 2.14 bits per heavy atom. The molecule has 0 spiro atoms. The van der Waals surface area contributed by atoms with Gasteiger partial charge in [-0.1, -0.05) is 18.2 Å². The van der Waals surface area contributed by atoms with Crippen LogP contribution in [-0.4, -0.2) is 15.0 Å². The van der Waals surface area contributed by atoms with Crippen molar-refractivity contribution in [3.05, 3.63) is 34.9 Å². The van der Waals surface area contributed by atoms with Gasteiger partial charge in [-0.15, -0.1) is 0 Å². The predicted octanol–water partition coefficient (Wildman–Crippen LogP) is 0.444. The van der Waals surface area contributed by atoms with Crippen LogP contribution < -0.4 is 5.32 Å². The van der Waals surface area contributed by atoms with Gasteiger partial charge in [0.05, 0.1) is 5.75 Å². The molecule has 0 aromatic heterocycles. The van der Waals surface area contributed by atoms with Crippen molar-refractivity contribution >= 4 is 10.7 Å². The summed E-state index contributed by atoms with van der Waals surface area (Å²) in [4.78, 5) is 0. The number of hydrogen-bond acceptors (Lipinski definition) is 3. The van der Waals surface area contributed by atoms with Crippen molar-refractivity contribution in [3.8, 4) is 0 Å².